The van der Waals surface area contributed by atoms with Crippen molar-refractivity contribution >= 4 is 6.03 Å². The van der Waals surface area contributed by atoms with Crippen molar-refractivity contribution in [1.82, 2.24) is 20.4 Å². The van der Waals surface area contributed by atoms with E-state index in [2.05, 4.69) is 20.4 Å². The van der Waals surface area contributed by atoms with E-state index in [9.17, 15) is 4.79 Å². The van der Waals surface area contributed by atoms with Gasteiger partial charge >= 0.3 is 6.03 Å². The highest BCUT2D eigenvalue weighted by Crippen LogP contribution is 2.22. The summed E-state index contributed by atoms with van der Waals surface area (Å²) in [4.78, 5) is 16.8. The molecule has 0 radical (unpaired) electrons. The van der Waals surface area contributed by atoms with E-state index in [4.69, 9.17) is 4.74 Å². The van der Waals surface area contributed by atoms with E-state index >= 15 is 0 Å². The number of benzene rings is 2. The molecule has 0 aliphatic heterocycles. The second-order valence-electron chi connectivity index (χ2n) is 7.34. The SMILES string of the molecule is COc1cccc(C(CNC(=O)NC(CN(C)C)c2ccccc2)N(C)C)c1. The smallest absolute Gasteiger partial charge is 0.315 e. The molecule has 0 saturated heterocycles. The lowest BCUT2D eigenvalue weighted by Gasteiger charge is -2.27. The summed E-state index contributed by atoms with van der Waals surface area (Å²) >= 11 is 0. The van der Waals surface area contributed by atoms with Crippen LogP contribution in [0.5, 0.6) is 5.75 Å². The van der Waals surface area contributed by atoms with Gasteiger partial charge in [0, 0.05) is 13.1 Å². The van der Waals surface area contributed by atoms with Gasteiger partial charge in [0.25, 0.3) is 0 Å². The molecule has 2 aromatic rings. The maximum atomic E-state index is 12.6. The van der Waals surface area contributed by atoms with Crippen LogP contribution in [-0.4, -0.2) is 64.2 Å². The highest BCUT2D eigenvalue weighted by molar-refractivity contribution is 5.74. The topological polar surface area (TPSA) is 56.8 Å². The number of urea groups is 1. The first-order valence-corrected chi connectivity index (χ1v) is 9.45. The molecule has 2 atom stereocenters. The van der Waals surface area contributed by atoms with Gasteiger partial charge in [-0.3, -0.25) is 0 Å². The minimum absolute atomic E-state index is 0.0462. The Balaban J connectivity index is 2.02. The molecule has 2 aromatic carbocycles. The summed E-state index contributed by atoms with van der Waals surface area (Å²) in [5.74, 6) is 0.809. The molecular weight excluding hydrogens is 352 g/mol. The number of amides is 2. The Morgan fingerprint density at radius 1 is 1.00 bits per heavy atom. The number of rotatable bonds is 9. The molecule has 2 N–H and O–H groups in total. The molecule has 2 amide bonds. The second-order valence-corrected chi connectivity index (χ2v) is 7.34. The van der Waals surface area contributed by atoms with Gasteiger partial charge in [0.15, 0.2) is 0 Å². The van der Waals surface area contributed by atoms with Gasteiger partial charge in [-0.25, -0.2) is 4.79 Å². The van der Waals surface area contributed by atoms with Crippen LogP contribution < -0.4 is 15.4 Å². The van der Waals surface area contributed by atoms with Crippen molar-refractivity contribution < 1.29 is 9.53 Å². The monoisotopic (exact) mass is 384 g/mol. The summed E-state index contributed by atoms with van der Waals surface area (Å²) in [5.41, 5.74) is 2.18. The van der Waals surface area contributed by atoms with Gasteiger partial charge in [-0.15, -0.1) is 0 Å². The fourth-order valence-electron chi connectivity index (χ4n) is 3.13. The maximum absolute atomic E-state index is 12.6. The highest BCUT2D eigenvalue weighted by Gasteiger charge is 2.19. The maximum Gasteiger partial charge on any atom is 0.315 e. The summed E-state index contributed by atoms with van der Waals surface area (Å²) in [6, 6.07) is 17.8. The van der Waals surface area contributed by atoms with Crippen LogP contribution >= 0.6 is 0 Å². The third-order valence-electron chi connectivity index (χ3n) is 4.61. The second kappa shape index (κ2) is 10.7. The van der Waals surface area contributed by atoms with Crippen LogP contribution in [0.3, 0.4) is 0 Å². The molecule has 0 saturated carbocycles. The standard InChI is InChI=1S/C22H32N4O2/c1-25(2)16-20(17-10-7-6-8-11-17)24-22(27)23-15-21(26(3)4)18-12-9-13-19(14-18)28-5/h6-14,20-21H,15-16H2,1-5H3,(H2,23,24,27). The van der Waals surface area contributed by atoms with Crippen LogP contribution in [-0.2, 0) is 0 Å². The zero-order chi connectivity index (χ0) is 20.5. The lowest BCUT2D eigenvalue weighted by Crippen LogP contribution is -2.44. The molecule has 0 aromatic heterocycles. The summed E-state index contributed by atoms with van der Waals surface area (Å²) in [6.45, 7) is 1.22. The molecule has 6 nitrogen and oxygen atoms in total. The number of hydrogen-bond donors (Lipinski definition) is 2. The number of nitrogens with one attached hydrogen (secondary N) is 2. The van der Waals surface area contributed by atoms with Crippen LogP contribution in [0.1, 0.15) is 23.2 Å². The Morgan fingerprint density at radius 2 is 1.68 bits per heavy atom. The molecular formula is C22H32N4O2. The first kappa shape index (κ1) is 21.7. The van der Waals surface area contributed by atoms with E-state index in [1.54, 1.807) is 7.11 Å². The number of carbonyl (C=O) groups is 1. The van der Waals surface area contributed by atoms with Crippen LogP contribution in [0.25, 0.3) is 0 Å². The van der Waals surface area contributed by atoms with Gasteiger partial charge in [-0.05, 0) is 51.5 Å². The summed E-state index contributed by atoms with van der Waals surface area (Å²) in [6.07, 6.45) is 0. The molecule has 0 heterocycles. The first-order valence-electron chi connectivity index (χ1n) is 9.45. The van der Waals surface area contributed by atoms with Crippen LogP contribution in [0.4, 0.5) is 4.79 Å². The average Bonchev–Trinajstić information content (AvgIpc) is 2.68. The van der Waals surface area contributed by atoms with Gasteiger partial charge < -0.3 is 25.2 Å². The third kappa shape index (κ3) is 6.55. The van der Waals surface area contributed by atoms with E-state index < -0.39 is 0 Å². The van der Waals surface area contributed by atoms with Gasteiger partial charge in [0.2, 0.25) is 0 Å². The Kier molecular flexibility index (Phi) is 8.29. The summed E-state index contributed by atoms with van der Waals surface area (Å²) in [7, 11) is 9.66. The molecule has 152 valence electrons. The predicted molar refractivity (Wildman–Crippen MR) is 114 cm³/mol. The van der Waals surface area contributed by atoms with Crippen molar-refractivity contribution in [3.05, 3.63) is 65.7 Å². The van der Waals surface area contributed by atoms with E-state index in [0.29, 0.717) is 6.54 Å². The molecule has 0 aliphatic rings. The van der Waals surface area contributed by atoms with Gasteiger partial charge in [-0.1, -0.05) is 42.5 Å². The number of carbonyl (C=O) groups excluding carboxylic acids is 1. The fraction of sp³-hybridized carbons (Fsp3) is 0.409. The molecule has 0 aliphatic carbocycles. The molecule has 2 rings (SSSR count). The van der Waals surface area contributed by atoms with Crippen LogP contribution in [0, 0.1) is 0 Å². The average molecular weight is 385 g/mol. The normalized spacial score (nSPS) is 13.2. The molecule has 6 heteroatoms. The quantitative estimate of drug-likeness (QED) is 0.698. The summed E-state index contributed by atoms with van der Waals surface area (Å²) < 4.78 is 5.33. The molecule has 2 unspecified atom stereocenters. The lowest BCUT2D eigenvalue weighted by atomic mass is 10.1. The van der Waals surface area contributed by atoms with Crippen molar-refractivity contribution in [3.8, 4) is 5.75 Å². The Hall–Kier alpha value is -2.57. The van der Waals surface area contributed by atoms with Gasteiger partial charge in [0.05, 0.1) is 19.2 Å². The van der Waals surface area contributed by atoms with Crippen LogP contribution in [0.2, 0.25) is 0 Å². The largest absolute Gasteiger partial charge is 0.497 e. The zero-order valence-corrected chi connectivity index (χ0v) is 17.5. The van der Waals surface area contributed by atoms with E-state index in [-0.39, 0.29) is 18.1 Å². The molecule has 0 spiro atoms. The highest BCUT2D eigenvalue weighted by atomic mass is 16.5. The third-order valence-corrected chi connectivity index (χ3v) is 4.61. The lowest BCUT2D eigenvalue weighted by molar-refractivity contribution is 0.225. The van der Waals surface area contributed by atoms with Crippen molar-refractivity contribution in [3.63, 3.8) is 0 Å². The van der Waals surface area contributed by atoms with E-state index in [0.717, 1.165) is 23.4 Å². The van der Waals surface area contributed by atoms with Crippen LogP contribution in [0.15, 0.2) is 54.6 Å². The Morgan fingerprint density at radius 3 is 2.29 bits per heavy atom. The van der Waals surface area contributed by atoms with Crippen molar-refractivity contribution in [2.75, 3.05) is 48.4 Å². The minimum Gasteiger partial charge on any atom is -0.497 e. The zero-order valence-electron chi connectivity index (χ0n) is 17.5. The first-order chi connectivity index (χ1) is 13.4. The Bertz CT molecular complexity index is 734. The molecule has 0 bridgehead atoms. The predicted octanol–water partition coefficient (Wildman–Crippen LogP) is 2.90. The molecule has 28 heavy (non-hydrogen) atoms. The number of hydrogen-bond acceptors (Lipinski definition) is 4. The number of likely N-dealkylation sites (N-methyl/N-ethyl adjacent to an activating group) is 2. The van der Waals surface area contributed by atoms with Gasteiger partial charge in [-0.2, -0.15) is 0 Å². The molecule has 0 fully saturated rings. The van der Waals surface area contributed by atoms with Crippen molar-refractivity contribution in [1.29, 1.82) is 0 Å². The van der Waals surface area contributed by atoms with Crippen molar-refractivity contribution in [2.45, 2.75) is 12.1 Å². The van der Waals surface area contributed by atoms with E-state index in [1.165, 1.54) is 0 Å². The van der Waals surface area contributed by atoms with E-state index in [1.807, 2.05) is 82.8 Å². The summed E-state index contributed by atoms with van der Waals surface area (Å²) in [5, 5.41) is 6.12. The number of ether oxygens (including phenoxy) is 1. The number of methoxy groups -OCH3 is 1. The number of nitrogens with zero attached hydrogens (tertiary/aromatic N) is 2. The van der Waals surface area contributed by atoms with Crippen molar-refractivity contribution in [2.24, 2.45) is 0 Å². The fourth-order valence-corrected chi connectivity index (χ4v) is 3.13. The van der Waals surface area contributed by atoms with Gasteiger partial charge in [0.1, 0.15) is 5.75 Å². The Labute approximate surface area is 168 Å². The minimum atomic E-state index is -0.176.